The van der Waals surface area contributed by atoms with Gasteiger partial charge in [-0.2, -0.15) is 13.2 Å². The Hall–Kier alpha value is -5.64. The number of alkyl halides is 3. The second-order valence-corrected chi connectivity index (χ2v) is 21.6. The Morgan fingerprint density at radius 2 is 1.79 bits per heavy atom. The SMILES string of the molecule is CO[C@@H](C)c1ncccc1-c1c2c3cc(ccc3n1CC(F)(F)F)-c1cccc(c1)C[C@H](NC(=O)[C@@H](COC1CN(C(=O)C#CC(C)(C)N(C)C)C1)C(C)C)C(=O)N1CCC[C@](C=O)(COCC(C)(C)C2)N1. The fourth-order valence-corrected chi connectivity index (χ4v) is 9.55. The molecule has 2 saturated heterocycles. The molecule has 4 aromatic rings. The molecule has 388 valence electrons. The lowest BCUT2D eigenvalue weighted by Crippen LogP contribution is -2.66. The molecule has 2 aromatic heterocycles. The first-order valence-corrected chi connectivity index (χ1v) is 24.8. The summed E-state index contributed by atoms with van der Waals surface area (Å²) in [6.07, 6.45) is -1.81. The van der Waals surface area contributed by atoms with E-state index in [4.69, 9.17) is 14.2 Å². The average Bonchev–Trinajstić information content (AvgIpc) is 3.59. The maximum absolute atomic E-state index is 14.8. The van der Waals surface area contributed by atoms with Crippen LogP contribution in [0, 0.1) is 29.1 Å². The standard InChI is InChI=1S/C55H70F3N7O7/c1-35(2)44(30-72-40-28-63(29-40)47(67)19-21-53(6,7)62(8)9)50(68)60-45-25-37-14-11-15-38(24-37)39-17-18-46-42(26-39)43(27-52(4,5)33-71-34-54(32-66)20-13-23-65(61-54)51(45)69)49(64(46)31-55(56,57)58)41-16-12-22-59-48(41)36(3)70-10/h11-12,14-18,22,24,26,32,35-36,40,44-45,61H,13,20,23,25,27-31,33-34H2,1-10H3,(H,60,68)/t36-,44-,45-,54-/m0/s1. The van der Waals surface area contributed by atoms with Crippen molar-refractivity contribution in [3.63, 3.8) is 0 Å². The summed E-state index contributed by atoms with van der Waals surface area (Å²) in [6.45, 7) is 13.2. The van der Waals surface area contributed by atoms with E-state index in [-0.39, 0.29) is 56.6 Å². The Labute approximate surface area is 421 Å². The Morgan fingerprint density at radius 1 is 1.06 bits per heavy atom. The maximum atomic E-state index is 14.8. The largest absolute Gasteiger partial charge is 0.406 e. The van der Waals surface area contributed by atoms with Gasteiger partial charge in [-0.1, -0.05) is 63.9 Å². The van der Waals surface area contributed by atoms with Gasteiger partial charge < -0.3 is 33.8 Å². The van der Waals surface area contributed by atoms with Crippen molar-refractivity contribution in [3.05, 3.63) is 77.6 Å². The fourth-order valence-electron chi connectivity index (χ4n) is 9.55. The molecule has 4 atom stereocenters. The molecule has 72 heavy (non-hydrogen) atoms. The van der Waals surface area contributed by atoms with Crippen LogP contribution in [0.5, 0.6) is 0 Å². The summed E-state index contributed by atoms with van der Waals surface area (Å²) in [5, 5.41) is 5.10. The van der Waals surface area contributed by atoms with Gasteiger partial charge in [-0.3, -0.25) is 29.3 Å². The number of pyridine rings is 1. The number of aldehydes is 1. The van der Waals surface area contributed by atoms with E-state index in [9.17, 15) is 32.3 Å². The number of hydrazine groups is 1. The molecule has 2 aromatic carbocycles. The van der Waals surface area contributed by atoms with E-state index < -0.39 is 53.2 Å². The number of aromatic nitrogens is 2. The molecule has 0 saturated carbocycles. The molecule has 2 N–H and O–H groups in total. The van der Waals surface area contributed by atoms with Crippen LogP contribution in [0.4, 0.5) is 13.2 Å². The second kappa shape index (κ2) is 21.8. The third-order valence-electron chi connectivity index (χ3n) is 14.4. The van der Waals surface area contributed by atoms with E-state index >= 15 is 0 Å². The molecular weight excluding hydrogens is 928 g/mol. The highest BCUT2D eigenvalue weighted by Gasteiger charge is 2.42. The highest BCUT2D eigenvalue weighted by atomic mass is 19.4. The summed E-state index contributed by atoms with van der Waals surface area (Å²) in [5.74, 6) is 3.83. The van der Waals surface area contributed by atoms with Crippen LogP contribution in [-0.4, -0.2) is 138 Å². The summed E-state index contributed by atoms with van der Waals surface area (Å²) < 4.78 is 63.8. The quantitative estimate of drug-likeness (QED) is 0.111. The van der Waals surface area contributed by atoms with Gasteiger partial charge in [0.15, 0.2) is 0 Å². The van der Waals surface area contributed by atoms with Crippen molar-refractivity contribution in [2.45, 2.75) is 116 Å². The number of methoxy groups -OCH3 is 1. The van der Waals surface area contributed by atoms with Crippen LogP contribution in [0.25, 0.3) is 33.3 Å². The predicted molar refractivity (Wildman–Crippen MR) is 269 cm³/mol. The molecule has 3 aliphatic heterocycles. The van der Waals surface area contributed by atoms with Crippen LogP contribution in [0.3, 0.4) is 0 Å². The molecule has 6 bridgehead atoms. The number of amides is 3. The van der Waals surface area contributed by atoms with Crippen LogP contribution in [-0.2, 0) is 52.8 Å². The van der Waals surface area contributed by atoms with Crippen molar-refractivity contribution in [3.8, 4) is 34.2 Å². The van der Waals surface area contributed by atoms with Gasteiger partial charge >= 0.3 is 6.18 Å². The van der Waals surface area contributed by atoms with Gasteiger partial charge in [0.1, 0.15) is 24.4 Å². The fraction of sp³-hybridized carbons (Fsp3) is 0.545. The number of ether oxygens (including phenoxy) is 3. The Kier molecular flexibility index (Phi) is 16.4. The van der Waals surface area contributed by atoms with Crippen molar-refractivity contribution >= 4 is 34.9 Å². The van der Waals surface area contributed by atoms with Crippen molar-refractivity contribution < 1.29 is 46.6 Å². The lowest BCUT2D eigenvalue weighted by Gasteiger charge is -2.42. The molecule has 14 nitrogen and oxygen atoms in total. The number of carbonyl (C=O) groups excluding carboxylic acids is 4. The summed E-state index contributed by atoms with van der Waals surface area (Å²) in [4.78, 5) is 63.3. The van der Waals surface area contributed by atoms with E-state index in [1.807, 2.05) is 97.8 Å². The Morgan fingerprint density at radius 3 is 2.47 bits per heavy atom. The minimum atomic E-state index is -4.57. The van der Waals surface area contributed by atoms with Gasteiger partial charge in [-0.05, 0) is 118 Å². The highest BCUT2D eigenvalue weighted by molar-refractivity contribution is 5.96. The average molecular weight is 998 g/mol. The highest BCUT2D eigenvalue weighted by Crippen LogP contribution is 2.43. The van der Waals surface area contributed by atoms with Crippen LogP contribution in [0.1, 0.15) is 84.2 Å². The second-order valence-electron chi connectivity index (χ2n) is 21.6. The molecule has 0 aliphatic carbocycles. The molecule has 0 unspecified atom stereocenters. The van der Waals surface area contributed by atoms with E-state index in [0.29, 0.717) is 71.3 Å². The molecular formula is C55H70F3N7O7. The first kappa shape index (κ1) is 54.1. The molecule has 17 heteroatoms. The Bertz CT molecular complexity index is 2700. The van der Waals surface area contributed by atoms with Crippen molar-refractivity contribution in [1.82, 2.24) is 35.1 Å². The topological polar surface area (TPSA) is 148 Å². The molecule has 0 radical (unpaired) electrons. The van der Waals surface area contributed by atoms with E-state index in [1.165, 1.54) is 16.7 Å². The van der Waals surface area contributed by atoms with Crippen molar-refractivity contribution in [2.24, 2.45) is 17.3 Å². The van der Waals surface area contributed by atoms with Gasteiger partial charge in [-0.15, -0.1) is 0 Å². The van der Waals surface area contributed by atoms with E-state index in [2.05, 4.69) is 27.6 Å². The summed E-state index contributed by atoms with van der Waals surface area (Å²) in [5.41, 5.74) is 5.44. The number of nitrogens with one attached hydrogen (secondary N) is 2. The number of carbonyl (C=O) groups is 4. The van der Waals surface area contributed by atoms with Crippen LogP contribution in [0.15, 0.2) is 60.8 Å². The monoisotopic (exact) mass is 998 g/mol. The molecule has 2 fully saturated rings. The minimum absolute atomic E-state index is 0.0558. The third kappa shape index (κ3) is 12.4. The summed E-state index contributed by atoms with van der Waals surface area (Å²) in [7, 11) is 5.33. The first-order valence-electron chi connectivity index (χ1n) is 24.8. The lowest BCUT2D eigenvalue weighted by molar-refractivity contribution is -0.149. The predicted octanol–water partition coefficient (Wildman–Crippen LogP) is 7.17. The van der Waals surface area contributed by atoms with Gasteiger partial charge in [0.2, 0.25) is 5.91 Å². The third-order valence-corrected chi connectivity index (χ3v) is 14.4. The zero-order chi connectivity index (χ0) is 52.3. The van der Waals surface area contributed by atoms with Gasteiger partial charge in [0, 0.05) is 55.8 Å². The summed E-state index contributed by atoms with van der Waals surface area (Å²) >= 11 is 0. The maximum Gasteiger partial charge on any atom is 0.406 e. The lowest BCUT2D eigenvalue weighted by atomic mass is 9.84. The molecule has 3 amide bonds. The van der Waals surface area contributed by atoms with E-state index in [0.717, 1.165) is 17.4 Å². The molecule has 3 aliphatic rings. The van der Waals surface area contributed by atoms with Crippen molar-refractivity contribution in [1.29, 1.82) is 0 Å². The van der Waals surface area contributed by atoms with Crippen LogP contribution >= 0.6 is 0 Å². The zero-order valence-corrected chi connectivity index (χ0v) is 43.2. The van der Waals surface area contributed by atoms with E-state index in [1.54, 1.807) is 35.4 Å². The first-order chi connectivity index (χ1) is 33.9. The normalized spacial score (nSPS) is 20.9. The molecule has 7 rings (SSSR count). The zero-order valence-electron chi connectivity index (χ0n) is 43.2. The number of hydrogen-bond donors (Lipinski definition) is 2. The number of rotatable bonds is 12. The number of nitrogens with zero attached hydrogens (tertiary/aromatic N) is 5. The molecule has 0 spiro atoms. The van der Waals surface area contributed by atoms with Crippen molar-refractivity contribution in [2.75, 3.05) is 60.7 Å². The van der Waals surface area contributed by atoms with Gasteiger partial charge in [0.25, 0.3) is 11.8 Å². The number of fused-ring (bicyclic) bond motifs is 6. The van der Waals surface area contributed by atoms with Gasteiger partial charge in [0.05, 0.1) is 54.9 Å². The number of likely N-dealkylation sites (tertiary alicyclic amines) is 1. The van der Waals surface area contributed by atoms with Crippen LogP contribution < -0.4 is 10.7 Å². The molecule has 5 heterocycles. The number of benzene rings is 2. The number of halogens is 3. The number of hydrogen-bond acceptors (Lipinski definition) is 10. The summed E-state index contributed by atoms with van der Waals surface area (Å²) in [6, 6.07) is 15.4. The minimum Gasteiger partial charge on any atom is -0.378 e. The Balaban J connectivity index is 1.24. The van der Waals surface area contributed by atoms with Crippen LogP contribution in [0.2, 0.25) is 0 Å². The van der Waals surface area contributed by atoms with Gasteiger partial charge in [-0.25, -0.2) is 5.43 Å². The smallest absolute Gasteiger partial charge is 0.378 e.